The monoisotopic (exact) mass is 469 g/mol. The summed E-state index contributed by atoms with van der Waals surface area (Å²) in [5.74, 6) is 1.37. The van der Waals surface area contributed by atoms with Gasteiger partial charge in [0.05, 0.1) is 25.4 Å². The van der Waals surface area contributed by atoms with Gasteiger partial charge in [0.2, 0.25) is 0 Å². The molecule has 25 heavy (non-hydrogen) atoms. The van der Waals surface area contributed by atoms with Gasteiger partial charge in [-0.05, 0) is 32.6 Å². The third-order valence-corrected chi connectivity index (χ3v) is 4.80. The summed E-state index contributed by atoms with van der Waals surface area (Å²) in [5, 5.41) is 17.1. The predicted molar refractivity (Wildman–Crippen MR) is 112 cm³/mol. The van der Waals surface area contributed by atoms with E-state index >= 15 is 0 Å². The van der Waals surface area contributed by atoms with E-state index in [1.165, 1.54) is 6.42 Å². The van der Waals surface area contributed by atoms with Crippen molar-refractivity contribution >= 4 is 29.9 Å². The number of aliphatic imine (C=N–C) groups is 1. The van der Waals surface area contributed by atoms with Crippen molar-refractivity contribution in [2.75, 3.05) is 46.1 Å². The van der Waals surface area contributed by atoms with Gasteiger partial charge in [-0.1, -0.05) is 19.3 Å². The third-order valence-electron chi connectivity index (χ3n) is 4.80. The van der Waals surface area contributed by atoms with E-state index in [0.717, 1.165) is 84.0 Å². The first-order valence-corrected chi connectivity index (χ1v) is 9.62. The standard InChI is InChI=1S/C18H35N3O3.HI/c1-2-19-17(21-15-18(22)8-4-3-5-9-18)20-10-6-11-23-13-16-7-12-24-14-16;/h16,22H,2-15H2,1H3,(H2,19,20,21);1H. The smallest absolute Gasteiger partial charge is 0.191 e. The van der Waals surface area contributed by atoms with Crippen LogP contribution in [0.5, 0.6) is 0 Å². The van der Waals surface area contributed by atoms with E-state index in [1.807, 2.05) is 0 Å². The lowest BCUT2D eigenvalue weighted by molar-refractivity contribution is 0.0131. The Bertz CT molecular complexity index is 371. The molecule has 3 N–H and O–H groups in total. The number of guanidine groups is 1. The number of halogens is 1. The second kappa shape index (κ2) is 13.1. The van der Waals surface area contributed by atoms with Crippen LogP contribution in [0.1, 0.15) is 51.9 Å². The fourth-order valence-electron chi connectivity index (χ4n) is 3.28. The molecule has 7 heteroatoms. The maximum atomic E-state index is 10.5. The molecule has 1 aliphatic heterocycles. The molecule has 0 aromatic carbocycles. The summed E-state index contributed by atoms with van der Waals surface area (Å²) in [6, 6.07) is 0. The number of nitrogens with zero attached hydrogens (tertiary/aromatic N) is 1. The Morgan fingerprint density at radius 2 is 2.08 bits per heavy atom. The molecule has 2 fully saturated rings. The topological polar surface area (TPSA) is 75.1 Å². The molecule has 148 valence electrons. The minimum absolute atomic E-state index is 0. The van der Waals surface area contributed by atoms with E-state index in [0.29, 0.717) is 12.5 Å². The van der Waals surface area contributed by atoms with Crippen LogP contribution in [0.4, 0.5) is 0 Å². The highest BCUT2D eigenvalue weighted by Crippen LogP contribution is 2.28. The quantitative estimate of drug-likeness (QED) is 0.209. The van der Waals surface area contributed by atoms with Crippen molar-refractivity contribution in [3.05, 3.63) is 0 Å². The molecular weight excluding hydrogens is 433 g/mol. The first-order chi connectivity index (χ1) is 11.7. The van der Waals surface area contributed by atoms with Gasteiger partial charge in [-0.3, -0.25) is 4.99 Å². The second-order valence-electron chi connectivity index (χ2n) is 7.07. The lowest BCUT2D eigenvalue weighted by Gasteiger charge is -2.30. The Balaban J connectivity index is 0.00000312. The first-order valence-electron chi connectivity index (χ1n) is 9.62. The van der Waals surface area contributed by atoms with Crippen LogP contribution in [-0.4, -0.2) is 62.7 Å². The molecular formula is C18H36IN3O3. The summed E-state index contributed by atoms with van der Waals surface area (Å²) >= 11 is 0. The summed E-state index contributed by atoms with van der Waals surface area (Å²) < 4.78 is 11.1. The summed E-state index contributed by atoms with van der Waals surface area (Å²) in [6.07, 6.45) is 7.26. The van der Waals surface area contributed by atoms with Gasteiger partial charge >= 0.3 is 0 Å². The summed E-state index contributed by atoms with van der Waals surface area (Å²) in [7, 11) is 0. The average molecular weight is 469 g/mol. The molecule has 1 saturated carbocycles. The molecule has 1 aliphatic carbocycles. The summed E-state index contributed by atoms with van der Waals surface area (Å²) in [6.45, 7) is 7.48. The van der Waals surface area contributed by atoms with Gasteiger partial charge in [0, 0.05) is 32.2 Å². The molecule has 6 nitrogen and oxygen atoms in total. The average Bonchev–Trinajstić information content (AvgIpc) is 3.10. The molecule has 1 saturated heterocycles. The van der Waals surface area contributed by atoms with E-state index in [2.05, 4.69) is 22.5 Å². The van der Waals surface area contributed by atoms with Crippen LogP contribution in [0.15, 0.2) is 4.99 Å². The van der Waals surface area contributed by atoms with Crippen molar-refractivity contribution in [1.29, 1.82) is 0 Å². The van der Waals surface area contributed by atoms with Gasteiger partial charge in [0.25, 0.3) is 0 Å². The van der Waals surface area contributed by atoms with Crippen LogP contribution in [0, 0.1) is 5.92 Å². The van der Waals surface area contributed by atoms with E-state index in [-0.39, 0.29) is 24.0 Å². The zero-order valence-electron chi connectivity index (χ0n) is 15.6. The maximum absolute atomic E-state index is 10.5. The van der Waals surface area contributed by atoms with E-state index in [1.54, 1.807) is 0 Å². The van der Waals surface area contributed by atoms with Gasteiger partial charge in [-0.15, -0.1) is 24.0 Å². The highest BCUT2D eigenvalue weighted by molar-refractivity contribution is 14.0. The Labute approximate surface area is 169 Å². The molecule has 0 radical (unpaired) electrons. The molecule has 1 atom stereocenters. The summed E-state index contributed by atoms with van der Waals surface area (Å²) in [5.41, 5.74) is -0.604. The van der Waals surface area contributed by atoms with Crippen LogP contribution in [-0.2, 0) is 9.47 Å². The minimum atomic E-state index is -0.604. The lowest BCUT2D eigenvalue weighted by atomic mass is 9.85. The zero-order valence-corrected chi connectivity index (χ0v) is 17.9. The number of rotatable bonds is 9. The van der Waals surface area contributed by atoms with Gasteiger partial charge in [-0.25, -0.2) is 0 Å². The van der Waals surface area contributed by atoms with E-state index < -0.39 is 5.60 Å². The number of ether oxygens (including phenoxy) is 2. The predicted octanol–water partition coefficient (Wildman–Crippen LogP) is 2.30. The van der Waals surface area contributed by atoms with Crippen molar-refractivity contribution in [3.8, 4) is 0 Å². The molecule has 1 heterocycles. The van der Waals surface area contributed by atoms with E-state index in [9.17, 15) is 5.11 Å². The Kier molecular flexibility index (Phi) is 12.0. The SMILES string of the molecule is CCNC(=NCC1(O)CCCCC1)NCCCOCC1CCOC1.I. The van der Waals surface area contributed by atoms with Gasteiger partial charge < -0.3 is 25.2 Å². The molecule has 2 aliphatic rings. The van der Waals surface area contributed by atoms with Crippen molar-refractivity contribution in [1.82, 2.24) is 10.6 Å². The Morgan fingerprint density at radius 1 is 1.28 bits per heavy atom. The van der Waals surface area contributed by atoms with E-state index in [4.69, 9.17) is 9.47 Å². The number of nitrogens with one attached hydrogen (secondary N) is 2. The van der Waals surface area contributed by atoms with Crippen molar-refractivity contribution in [3.63, 3.8) is 0 Å². The molecule has 0 bridgehead atoms. The minimum Gasteiger partial charge on any atom is -0.388 e. The van der Waals surface area contributed by atoms with Crippen LogP contribution < -0.4 is 10.6 Å². The van der Waals surface area contributed by atoms with Gasteiger partial charge in [0.1, 0.15) is 0 Å². The maximum Gasteiger partial charge on any atom is 0.191 e. The first kappa shape index (κ1) is 22.9. The third kappa shape index (κ3) is 9.40. The molecule has 0 spiro atoms. The Morgan fingerprint density at radius 3 is 2.76 bits per heavy atom. The van der Waals surface area contributed by atoms with Crippen molar-refractivity contribution in [2.24, 2.45) is 10.9 Å². The van der Waals surface area contributed by atoms with Crippen LogP contribution in [0.2, 0.25) is 0 Å². The van der Waals surface area contributed by atoms with Crippen LogP contribution in [0.3, 0.4) is 0 Å². The zero-order chi connectivity index (χ0) is 17.1. The van der Waals surface area contributed by atoms with Crippen LogP contribution >= 0.6 is 24.0 Å². The molecule has 0 aromatic rings. The molecule has 1 unspecified atom stereocenters. The second-order valence-corrected chi connectivity index (χ2v) is 7.07. The largest absolute Gasteiger partial charge is 0.388 e. The number of hydrogen-bond acceptors (Lipinski definition) is 4. The molecule has 0 aromatic heterocycles. The Hall–Kier alpha value is -0.120. The highest BCUT2D eigenvalue weighted by atomic mass is 127. The van der Waals surface area contributed by atoms with Crippen LogP contribution in [0.25, 0.3) is 0 Å². The normalized spacial score (nSPS) is 23.1. The number of aliphatic hydroxyl groups is 1. The molecule has 0 amide bonds. The number of hydrogen-bond donors (Lipinski definition) is 3. The summed E-state index contributed by atoms with van der Waals surface area (Å²) in [4.78, 5) is 4.58. The molecule has 2 rings (SSSR count). The van der Waals surface area contributed by atoms with Gasteiger partial charge in [0.15, 0.2) is 5.96 Å². The fourth-order valence-corrected chi connectivity index (χ4v) is 3.28. The fraction of sp³-hybridized carbons (Fsp3) is 0.944. The van der Waals surface area contributed by atoms with Gasteiger partial charge in [-0.2, -0.15) is 0 Å². The van der Waals surface area contributed by atoms with Crippen molar-refractivity contribution < 1.29 is 14.6 Å². The lowest BCUT2D eigenvalue weighted by Crippen LogP contribution is -2.41. The van der Waals surface area contributed by atoms with Crippen molar-refractivity contribution in [2.45, 2.75) is 57.5 Å². The highest BCUT2D eigenvalue weighted by Gasteiger charge is 2.28.